The van der Waals surface area contributed by atoms with E-state index in [1.165, 1.54) is 10.6 Å². The van der Waals surface area contributed by atoms with E-state index in [0.29, 0.717) is 16.1 Å². The van der Waals surface area contributed by atoms with Crippen molar-refractivity contribution in [1.29, 1.82) is 0 Å². The number of thiazole rings is 1. The quantitative estimate of drug-likeness (QED) is 0.848. The van der Waals surface area contributed by atoms with Crippen LogP contribution in [0.15, 0.2) is 18.2 Å². The molecule has 0 saturated heterocycles. The van der Waals surface area contributed by atoms with Gasteiger partial charge in [-0.2, -0.15) is 0 Å². The standard InChI is InChI=1S/C13H12Cl2N2S/c1-7-12-10(5-6-16-7)17-13(18-12)11-8(14)3-2-4-9(11)15/h2-4,7,16H,5-6H2,1H3. The zero-order valence-electron chi connectivity index (χ0n) is 9.84. The topological polar surface area (TPSA) is 24.9 Å². The zero-order valence-corrected chi connectivity index (χ0v) is 12.2. The third-order valence-corrected chi connectivity index (χ3v) is 5.04. The minimum Gasteiger partial charge on any atom is -0.309 e. The summed E-state index contributed by atoms with van der Waals surface area (Å²) < 4.78 is 0. The lowest BCUT2D eigenvalue weighted by Gasteiger charge is -2.18. The van der Waals surface area contributed by atoms with E-state index in [-0.39, 0.29) is 0 Å². The normalized spacial score (nSPS) is 18.7. The van der Waals surface area contributed by atoms with Gasteiger partial charge in [-0.15, -0.1) is 11.3 Å². The Morgan fingerprint density at radius 1 is 1.33 bits per heavy atom. The molecule has 18 heavy (non-hydrogen) atoms. The lowest BCUT2D eigenvalue weighted by Crippen LogP contribution is -2.26. The number of rotatable bonds is 1. The fourth-order valence-corrected chi connectivity index (χ4v) is 4.09. The second-order valence-corrected chi connectivity index (χ2v) is 6.20. The van der Waals surface area contributed by atoms with Crippen molar-refractivity contribution in [3.63, 3.8) is 0 Å². The van der Waals surface area contributed by atoms with Gasteiger partial charge >= 0.3 is 0 Å². The average molecular weight is 299 g/mol. The molecule has 1 atom stereocenters. The van der Waals surface area contributed by atoms with Crippen LogP contribution in [-0.2, 0) is 6.42 Å². The Morgan fingerprint density at radius 3 is 2.72 bits per heavy atom. The summed E-state index contributed by atoms with van der Waals surface area (Å²) >= 11 is 14.1. The highest BCUT2D eigenvalue weighted by Crippen LogP contribution is 2.40. The number of hydrogen-bond donors (Lipinski definition) is 1. The van der Waals surface area contributed by atoms with Gasteiger partial charge in [-0.1, -0.05) is 29.3 Å². The molecule has 0 aliphatic carbocycles. The molecule has 1 aromatic heterocycles. The largest absolute Gasteiger partial charge is 0.309 e. The van der Waals surface area contributed by atoms with Gasteiger partial charge in [0.25, 0.3) is 0 Å². The highest BCUT2D eigenvalue weighted by Gasteiger charge is 2.22. The van der Waals surface area contributed by atoms with Crippen molar-refractivity contribution in [3.05, 3.63) is 38.8 Å². The smallest absolute Gasteiger partial charge is 0.126 e. The maximum Gasteiger partial charge on any atom is 0.126 e. The molecule has 1 aliphatic rings. The number of fused-ring (bicyclic) bond motifs is 1. The first-order valence-corrected chi connectivity index (χ1v) is 7.41. The molecule has 2 aromatic rings. The number of halogens is 2. The van der Waals surface area contributed by atoms with E-state index < -0.39 is 0 Å². The maximum atomic E-state index is 6.23. The molecule has 0 fully saturated rings. The van der Waals surface area contributed by atoms with Gasteiger partial charge in [0.1, 0.15) is 5.01 Å². The molecule has 1 aromatic carbocycles. The van der Waals surface area contributed by atoms with Gasteiger partial charge < -0.3 is 5.32 Å². The van der Waals surface area contributed by atoms with Gasteiger partial charge in [-0.3, -0.25) is 0 Å². The van der Waals surface area contributed by atoms with E-state index >= 15 is 0 Å². The van der Waals surface area contributed by atoms with Crippen LogP contribution in [0.2, 0.25) is 10.0 Å². The number of nitrogens with zero attached hydrogens (tertiary/aromatic N) is 1. The van der Waals surface area contributed by atoms with E-state index in [4.69, 9.17) is 28.2 Å². The van der Waals surface area contributed by atoms with Crippen molar-refractivity contribution < 1.29 is 0 Å². The molecule has 1 aliphatic heterocycles. The number of nitrogens with one attached hydrogen (secondary N) is 1. The van der Waals surface area contributed by atoms with E-state index in [0.717, 1.165) is 23.5 Å². The van der Waals surface area contributed by atoms with Crippen molar-refractivity contribution in [3.8, 4) is 10.6 Å². The molecule has 2 heterocycles. The molecule has 2 nitrogen and oxygen atoms in total. The van der Waals surface area contributed by atoms with E-state index in [9.17, 15) is 0 Å². The van der Waals surface area contributed by atoms with Gasteiger partial charge in [0.15, 0.2) is 0 Å². The Labute approximate surface area is 120 Å². The summed E-state index contributed by atoms with van der Waals surface area (Å²) in [4.78, 5) is 6.00. The van der Waals surface area contributed by atoms with Crippen molar-refractivity contribution in [2.24, 2.45) is 0 Å². The minimum absolute atomic E-state index is 0.362. The van der Waals surface area contributed by atoms with Gasteiger partial charge in [-0.25, -0.2) is 4.98 Å². The number of benzene rings is 1. The Kier molecular flexibility index (Phi) is 3.32. The van der Waals surface area contributed by atoms with Crippen molar-refractivity contribution in [1.82, 2.24) is 10.3 Å². The molecule has 0 saturated carbocycles. The highest BCUT2D eigenvalue weighted by molar-refractivity contribution is 7.15. The summed E-state index contributed by atoms with van der Waals surface area (Å²) in [5.41, 5.74) is 2.03. The fraction of sp³-hybridized carbons (Fsp3) is 0.308. The molecule has 0 amide bonds. The molecule has 0 bridgehead atoms. The van der Waals surface area contributed by atoms with Crippen LogP contribution >= 0.6 is 34.5 Å². The van der Waals surface area contributed by atoms with Gasteiger partial charge in [0.05, 0.1) is 15.7 Å². The molecule has 1 N–H and O–H groups in total. The predicted octanol–water partition coefficient (Wildman–Crippen LogP) is 4.32. The lowest BCUT2D eigenvalue weighted by molar-refractivity contribution is 0.545. The summed E-state index contributed by atoms with van der Waals surface area (Å²) in [5, 5.41) is 5.68. The lowest BCUT2D eigenvalue weighted by atomic mass is 10.1. The maximum absolute atomic E-state index is 6.23. The van der Waals surface area contributed by atoms with Crippen molar-refractivity contribution in [2.75, 3.05) is 6.54 Å². The molecule has 1 unspecified atom stereocenters. The molecule has 0 spiro atoms. The summed E-state index contributed by atoms with van der Waals surface area (Å²) in [5.74, 6) is 0. The van der Waals surface area contributed by atoms with E-state index in [1.807, 2.05) is 18.2 Å². The first-order chi connectivity index (χ1) is 8.66. The van der Waals surface area contributed by atoms with Gasteiger partial charge in [0.2, 0.25) is 0 Å². The summed E-state index contributed by atoms with van der Waals surface area (Å²) in [6, 6.07) is 5.92. The first kappa shape index (κ1) is 12.4. The molecule has 3 rings (SSSR count). The molecule has 5 heteroatoms. The molecule has 94 valence electrons. The van der Waals surface area contributed by atoms with Crippen LogP contribution in [0.4, 0.5) is 0 Å². The number of aromatic nitrogens is 1. The van der Waals surface area contributed by atoms with Crippen LogP contribution in [0.25, 0.3) is 10.6 Å². The Hall–Kier alpha value is -0.610. The van der Waals surface area contributed by atoms with Crippen LogP contribution in [0.1, 0.15) is 23.5 Å². The van der Waals surface area contributed by atoms with Crippen molar-refractivity contribution in [2.45, 2.75) is 19.4 Å². The van der Waals surface area contributed by atoms with Gasteiger partial charge in [-0.05, 0) is 19.1 Å². The Morgan fingerprint density at radius 2 is 2.06 bits per heavy atom. The number of hydrogen-bond acceptors (Lipinski definition) is 3. The highest BCUT2D eigenvalue weighted by atomic mass is 35.5. The first-order valence-electron chi connectivity index (χ1n) is 5.84. The van der Waals surface area contributed by atoms with Crippen LogP contribution in [-0.4, -0.2) is 11.5 Å². The average Bonchev–Trinajstić information content (AvgIpc) is 2.74. The summed E-state index contributed by atoms with van der Waals surface area (Å²) in [6.45, 7) is 3.14. The van der Waals surface area contributed by atoms with Crippen LogP contribution < -0.4 is 5.32 Å². The van der Waals surface area contributed by atoms with Crippen LogP contribution in [0, 0.1) is 0 Å². The van der Waals surface area contributed by atoms with Gasteiger partial charge in [0, 0.05) is 29.4 Å². The Balaban J connectivity index is 2.13. The SMILES string of the molecule is CC1NCCc2nc(-c3c(Cl)cccc3Cl)sc21. The monoisotopic (exact) mass is 298 g/mol. The second kappa shape index (κ2) is 4.82. The molecular formula is C13H12Cl2N2S. The third kappa shape index (κ3) is 2.05. The molecule has 0 radical (unpaired) electrons. The second-order valence-electron chi connectivity index (χ2n) is 4.35. The zero-order chi connectivity index (χ0) is 12.7. The van der Waals surface area contributed by atoms with Crippen molar-refractivity contribution >= 4 is 34.5 Å². The molecular weight excluding hydrogens is 287 g/mol. The third-order valence-electron chi connectivity index (χ3n) is 3.11. The summed E-state index contributed by atoms with van der Waals surface area (Å²) in [7, 11) is 0. The predicted molar refractivity (Wildman–Crippen MR) is 77.7 cm³/mol. The Bertz CT molecular complexity index is 574. The van der Waals surface area contributed by atoms with E-state index in [1.54, 1.807) is 11.3 Å². The fourth-order valence-electron chi connectivity index (χ4n) is 2.19. The van der Waals surface area contributed by atoms with Crippen LogP contribution in [0.5, 0.6) is 0 Å². The summed E-state index contributed by atoms with van der Waals surface area (Å²) in [6.07, 6.45) is 0.970. The van der Waals surface area contributed by atoms with Crippen LogP contribution in [0.3, 0.4) is 0 Å². The minimum atomic E-state index is 0.362. The van der Waals surface area contributed by atoms with E-state index in [2.05, 4.69) is 12.2 Å².